The number of hydrogen-bond donors (Lipinski definition) is 0. The molecule has 5 nitrogen and oxygen atoms in total. The Kier molecular flexibility index (Phi) is 6.95. The van der Waals surface area contributed by atoms with Crippen LogP contribution in [0.25, 0.3) is 0 Å². The lowest BCUT2D eigenvalue weighted by molar-refractivity contribution is 0.115. The van der Waals surface area contributed by atoms with E-state index in [1.54, 1.807) is 8.61 Å². The van der Waals surface area contributed by atoms with E-state index in [1.165, 1.54) is 38.8 Å². The Hall–Kier alpha value is 0.120. The summed E-state index contributed by atoms with van der Waals surface area (Å²) >= 11 is 0. The minimum Gasteiger partial charge on any atom is -0.300 e. The van der Waals surface area contributed by atoms with Gasteiger partial charge in [-0.1, -0.05) is 12.8 Å². The molecular weight excluding hydrogens is 322 g/mol. The smallest absolute Gasteiger partial charge is 0.281 e. The Bertz CT molecular complexity index is 426. The molecule has 0 aromatic heterocycles. The zero-order valence-corrected chi connectivity index (χ0v) is 15.1. The van der Waals surface area contributed by atoms with Crippen LogP contribution in [0.3, 0.4) is 0 Å². The predicted molar refractivity (Wildman–Crippen MR) is 91.6 cm³/mol. The minimum atomic E-state index is -3.19. The third kappa shape index (κ3) is 4.15. The van der Waals surface area contributed by atoms with E-state index in [0.29, 0.717) is 32.2 Å². The van der Waals surface area contributed by atoms with Crippen molar-refractivity contribution in [1.82, 2.24) is 13.5 Å². The van der Waals surface area contributed by atoms with Gasteiger partial charge in [0.1, 0.15) is 0 Å². The average Bonchev–Trinajstić information content (AvgIpc) is 2.57. The van der Waals surface area contributed by atoms with Crippen LogP contribution in [0, 0.1) is 0 Å². The normalized spacial score (nSPS) is 27.5. The predicted octanol–water partition coefficient (Wildman–Crippen LogP) is 2.09. The summed E-state index contributed by atoms with van der Waals surface area (Å²) in [5.74, 6) is 0. The molecule has 0 bridgehead atoms. The zero-order valence-electron chi connectivity index (χ0n) is 13.5. The van der Waals surface area contributed by atoms with Gasteiger partial charge in [-0.05, 0) is 51.6 Å². The Balaban J connectivity index is 0.00000176. The van der Waals surface area contributed by atoms with Gasteiger partial charge in [-0.3, -0.25) is 0 Å². The molecule has 22 heavy (non-hydrogen) atoms. The van der Waals surface area contributed by atoms with Crippen LogP contribution in [0.5, 0.6) is 0 Å². The van der Waals surface area contributed by atoms with Gasteiger partial charge in [-0.15, -0.1) is 12.4 Å². The highest BCUT2D eigenvalue weighted by atomic mass is 35.5. The Morgan fingerprint density at radius 3 is 1.64 bits per heavy atom. The van der Waals surface area contributed by atoms with Gasteiger partial charge in [0.15, 0.2) is 0 Å². The maximum atomic E-state index is 12.7. The van der Waals surface area contributed by atoms with Crippen LogP contribution in [-0.2, 0) is 10.2 Å². The van der Waals surface area contributed by atoms with Crippen LogP contribution >= 0.6 is 12.4 Å². The van der Waals surface area contributed by atoms with Crippen LogP contribution < -0.4 is 0 Å². The van der Waals surface area contributed by atoms with Crippen LogP contribution in [0.2, 0.25) is 0 Å². The summed E-state index contributed by atoms with van der Waals surface area (Å²) in [7, 11) is -3.19. The number of rotatable bonds is 3. The van der Waals surface area contributed by atoms with Crippen molar-refractivity contribution >= 4 is 22.6 Å². The molecule has 3 rings (SSSR count). The molecule has 3 saturated heterocycles. The standard InChI is InChI=1S/C15H29N3O2S.ClH/c19-21(20,17-11-5-2-6-12-17)18-13-7-15(8-14-18)16-9-3-1-4-10-16;/h15H,1-14H2;1H. The first-order valence-electron chi connectivity index (χ1n) is 8.67. The third-order valence-corrected chi connectivity index (χ3v) is 7.33. The molecule has 0 unspecified atom stereocenters. The SMILES string of the molecule is Cl.O=S(=O)(N1CCCCC1)N1CCC(N2CCCCC2)CC1. The Morgan fingerprint density at radius 2 is 1.09 bits per heavy atom. The minimum absolute atomic E-state index is 0. The number of hydrogen-bond acceptors (Lipinski definition) is 3. The van der Waals surface area contributed by atoms with Crippen molar-refractivity contribution in [2.75, 3.05) is 39.3 Å². The zero-order chi connectivity index (χ0) is 14.7. The molecule has 0 atom stereocenters. The fourth-order valence-electron chi connectivity index (χ4n) is 3.98. The molecule has 7 heteroatoms. The second kappa shape index (κ2) is 8.29. The lowest BCUT2D eigenvalue weighted by Crippen LogP contribution is -2.52. The molecule has 130 valence electrons. The summed E-state index contributed by atoms with van der Waals surface area (Å²) in [4.78, 5) is 2.59. The van der Waals surface area contributed by atoms with Gasteiger partial charge in [0.2, 0.25) is 0 Å². The topological polar surface area (TPSA) is 43.9 Å². The lowest BCUT2D eigenvalue weighted by atomic mass is 10.0. The second-order valence-corrected chi connectivity index (χ2v) is 8.62. The van der Waals surface area contributed by atoms with Crippen molar-refractivity contribution < 1.29 is 8.42 Å². The molecule has 0 aromatic carbocycles. The molecular formula is C15H30ClN3O2S. The molecule has 3 aliphatic heterocycles. The quantitative estimate of drug-likeness (QED) is 0.782. The van der Waals surface area contributed by atoms with Crippen LogP contribution in [0.15, 0.2) is 0 Å². The number of piperidine rings is 3. The molecule has 3 aliphatic rings. The van der Waals surface area contributed by atoms with Gasteiger partial charge in [0, 0.05) is 32.2 Å². The van der Waals surface area contributed by atoms with E-state index in [4.69, 9.17) is 0 Å². The first-order chi connectivity index (χ1) is 10.2. The largest absolute Gasteiger partial charge is 0.300 e. The first kappa shape index (κ1) is 18.5. The van der Waals surface area contributed by atoms with E-state index < -0.39 is 10.2 Å². The van der Waals surface area contributed by atoms with Crippen molar-refractivity contribution in [3.63, 3.8) is 0 Å². The van der Waals surface area contributed by atoms with Crippen LogP contribution in [0.4, 0.5) is 0 Å². The molecule has 0 spiro atoms. The monoisotopic (exact) mass is 351 g/mol. The van der Waals surface area contributed by atoms with Crippen molar-refractivity contribution in [1.29, 1.82) is 0 Å². The fraction of sp³-hybridized carbons (Fsp3) is 1.00. The van der Waals surface area contributed by atoms with Gasteiger partial charge in [0.05, 0.1) is 0 Å². The molecule has 0 amide bonds. The molecule has 0 aromatic rings. The summed E-state index contributed by atoms with van der Waals surface area (Å²) in [6.07, 6.45) is 9.20. The van der Waals surface area contributed by atoms with Crippen molar-refractivity contribution in [2.45, 2.75) is 57.4 Å². The lowest BCUT2D eigenvalue weighted by Gasteiger charge is -2.41. The van der Waals surface area contributed by atoms with Gasteiger partial charge < -0.3 is 4.90 Å². The van der Waals surface area contributed by atoms with Crippen molar-refractivity contribution in [3.05, 3.63) is 0 Å². The van der Waals surface area contributed by atoms with Gasteiger partial charge in [-0.2, -0.15) is 17.0 Å². The summed E-state index contributed by atoms with van der Waals surface area (Å²) in [5.41, 5.74) is 0. The van der Waals surface area contributed by atoms with Gasteiger partial charge in [0.25, 0.3) is 10.2 Å². The van der Waals surface area contributed by atoms with Crippen LogP contribution in [0.1, 0.15) is 51.4 Å². The van der Waals surface area contributed by atoms with E-state index >= 15 is 0 Å². The van der Waals surface area contributed by atoms with E-state index in [1.807, 2.05) is 0 Å². The molecule has 0 saturated carbocycles. The van der Waals surface area contributed by atoms with Gasteiger partial charge >= 0.3 is 0 Å². The van der Waals surface area contributed by atoms with E-state index in [2.05, 4.69) is 4.90 Å². The molecule has 0 aliphatic carbocycles. The van der Waals surface area contributed by atoms with Gasteiger partial charge in [-0.25, -0.2) is 0 Å². The number of likely N-dealkylation sites (tertiary alicyclic amines) is 1. The third-order valence-electron chi connectivity index (χ3n) is 5.30. The number of halogens is 1. The summed E-state index contributed by atoms with van der Waals surface area (Å²) in [6.45, 7) is 5.27. The first-order valence-corrected chi connectivity index (χ1v) is 10.1. The molecule has 0 N–H and O–H groups in total. The fourth-order valence-corrected chi connectivity index (χ4v) is 5.70. The van der Waals surface area contributed by atoms with Crippen molar-refractivity contribution in [3.8, 4) is 0 Å². The highest BCUT2D eigenvalue weighted by molar-refractivity contribution is 7.86. The maximum Gasteiger partial charge on any atom is 0.281 e. The highest BCUT2D eigenvalue weighted by Crippen LogP contribution is 2.24. The molecule has 3 heterocycles. The van der Waals surface area contributed by atoms with E-state index in [0.717, 1.165) is 25.7 Å². The average molecular weight is 352 g/mol. The molecule has 0 radical (unpaired) electrons. The summed E-state index contributed by atoms with van der Waals surface area (Å²) in [5, 5.41) is 0. The van der Waals surface area contributed by atoms with Crippen LogP contribution in [-0.4, -0.2) is 67.2 Å². The maximum absolute atomic E-state index is 12.7. The Morgan fingerprint density at radius 1 is 0.636 bits per heavy atom. The summed E-state index contributed by atoms with van der Waals surface area (Å²) < 4.78 is 28.8. The summed E-state index contributed by atoms with van der Waals surface area (Å²) in [6, 6.07) is 0.609. The highest BCUT2D eigenvalue weighted by Gasteiger charge is 2.34. The van der Waals surface area contributed by atoms with Crippen molar-refractivity contribution in [2.24, 2.45) is 0 Å². The van der Waals surface area contributed by atoms with E-state index in [9.17, 15) is 8.42 Å². The molecule has 3 fully saturated rings. The number of nitrogens with zero attached hydrogens (tertiary/aromatic N) is 3. The Labute approximate surface area is 141 Å². The second-order valence-electron chi connectivity index (χ2n) is 6.69. The van der Waals surface area contributed by atoms with E-state index in [-0.39, 0.29) is 12.4 Å².